The van der Waals surface area contributed by atoms with Crippen molar-refractivity contribution in [3.05, 3.63) is 83.1 Å². The number of terminal acetylenes is 1. The molecule has 0 N–H and O–H groups in total. The average Bonchev–Trinajstić information content (AvgIpc) is 3.46. The first-order chi connectivity index (χ1) is 19.5. The lowest BCUT2D eigenvalue weighted by atomic mass is 9.99. The molecule has 0 aromatic heterocycles. The van der Waals surface area contributed by atoms with Gasteiger partial charge in [-0.25, -0.2) is 0 Å². The van der Waals surface area contributed by atoms with Crippen molar-refractivity contribution in [2.45, 2.75) is 64.8 Å². The number of allylic oxidation sites excluding steroid dienone is 1. The molecule has 2 saturated heterocycles. The van der Waals surface area contributed by atoms with Crippen LogP contribution < -0.4 is 0 Å². The lowest BCUT2D eigenvalue weighted by molar-refractivity contribution is -0.131. The van der Waals surface area contributed by atoms with E-state index in [-0.39, 0.29) is 0 Å². The fourth-order valence-electron chi connectivity index (χ4n) is 5.73. The first-order valence-electron chi connectivity index (χ1n) is 14.7. The molecule has 216 valence electrons. The maximum atomic E-state index is 13.3. The van der Waals surface area contributed by atoms with Gasteiger partial charge >= 0.3 is 0 Å². The Hall–Kier alpha value is -3.36. The van der Waals surface area contributed by atoms with Crippen LogP contribution in [0.25, 0.3) is 0 Å². The Kier molecular flexibility index (Phi) is 14.8. The number of rotatable bonds is 10. The molecule has 2 atom stereocenters. The van der Waals surface area contributed by atoms with Crippen molar-refractivity contribution in [2.75, 3.05) is 39.8 Å². The van der Waals surface area contributed by atoms with Crippen LogP contribution >= 0.6 is 0 Å². The minimum atomic E-state index is 0.306. The standard InChI is InChI=1S/C32H45N3O.C2H2.CH2O/c1-4-5-7-12-30-23-34(24-31(33(30)3)18-17-27-15-13-26(2)14-16-27)25-32(36)35-20-19-29(22-35)21-28-10-8-6-9-11-28;2*1-2/h6,8-11,13-16,18,29-30H,4-5,7,12,17,19-25H2,1-3H3;1-2H;1H2/b31-18-;;. The molecule has 5 nitrogen and oxygen atoms in total. The Morgan fingerprint density at radius 1 is 1.00 bits per heavy atom. The minimum absolute atomic E-state index is 0.306. The van der Waals surface area contributed by atoms with E-state index in [1.54, 1.807) is 0 Å². The first kappa shape index (κ1) is 32.8. The highest BCUT2D eigenvalue weighted by Crippen LogP contribution is 2.24. The van der Waals surface area contributed by atoms with Gasteiger partial charge in [-0.15, -0.1) is 12.8 Å². The van der Waals surface area contributed by atoms with E-state index in [4.69, 9.17) is 4.79 Å². The number of piperazine rings is 1. The predicted octanol–water partition coefficient (Wildman–Crippen LogP) is 5.77. The second kappa shape index (κ2) is 18.1. The van der Waals surface area contributed by atoms with Crippen LogP contribution in [0, 0.1) is 25.7 Å². The van der Waals surface area contributed by atoms with E-state index in [9.17, 15) is 4.79 Å². The molecule has 0 saturated carbocycles. The van der Waals surface area contributed by atoms with E-state index in [2.05, 4.69) is 109 Å². The second-order valence-corrected chi connectivity index (χ2v) is 11.0. The van der Waals surface area contributed by atoms with Gasteiger partial charge in [0.2, 0.25) is 5.91 Å². The van der Waals surface area contributed by atoms with Crippen molar-refractivity contribution < 1.29 is 9.59 Å². The Morgan fingerprint density at radius 3 is 2.38 bits per heavy atom. The van der Waals surface area contributed by atoms with Crippen LogP contribution in [0.1, 0.15) is 55.7 Å². The third-order valence-corrected chi connectivity index (χ3v) is 8.05. The molecule has 0 spiro atoms. The number of likely N-dealkylation sites (N-methyl/N-ethyl adjacent to an activating group) is 1. The largest absolute Gasteiger partial charge is 0.373 e. The smallest absolute Gasteiger partial charge is 0.236 e. The van der Waals surface area contributed by atoms with Gasteiger partial charge in [0.05, 0.1) is 6.54 Å². The van der Waals surface area contributed by atoms with Crippen LogP contribution in [0.15, 0.2) is 66.4 Å². The average molecular weight is 544 g/mol. The van der Waals surface area contributed by atoms with Crippen LogP contribution in [-0.4, -0.2) is 73.2 Å². The summed E-state index contributed by atoms with van der Waals surface area (Å²) in [6.45, 7) is 10.6. The van der Waals surface area contributed by atoms with Gasteiger partial charge in [0.15, 0.2) is 0 Å². The van der Waals surface area contributed by atoms with Crippen LogP contribution in [0.3, 0.4) is 0 Å². The van der Waals surface area contributed by atoms with E-state index in [1.165, 1.54) is 48.1 Å². The second-order valence-electron chi connectivity index (χ2n) is 11.0. The van der Waals surface area contributed by atoms with Crippen LogP contribution in [-0.2, 0) is 22.4 Å². The number of carbonyl (C=O) groups is 2. The van der Waals surface area contributed by atoms with Crippen molar-refractivity contribution in [1.82, 2.24) is 14.7 Å². The number of aryl methyl sites for hydroxylation is 1. The minimum Gasteiger partial charge on any atom is -0.373 e. The van der Waals surface area contributed by atoms with E-state index in [0.717, 1.165) is 45.4 Å². The van der Waals surface area contributed by atoms with Crippen molar-refractivity contribution in [1.29, 1.82) is 0 Å². The van der Waals surface area contributed by atoms with Crippen molar-refractivity contribution in [2.24, 2.45) is 5.92 Å². The van der Waals surface area contributed by atoms with Crippen LogP contribution in [0.5, 0.6) is 0 Å². The summed E-state index contributed by atoms with van der Waals surface area (Å²) < 4.78 is 0. The number of hydrogen-bond donors (Lipinski definition) is 0. The summed E-state index contributed by atoms with van der Waals surface area (Å²) in [7, 11) is 2.26. The van der Waals surface area contributed by atoms with Crippen molar-refractivity contribution in [3.63, 3.8) is 0 Å². The molecule has 0 aliphatic carbocycles. The zero-order valence-electron chi connectivity index (χ0n) is 24.9. The zero-order valence-corrected chi connectivity index (χ0v) is 24.9. The lowest BCUT2D eigenvalue weighted by Crippen LogP contribution is -2.52. The van der Waals surface area contributed by atoms with Gasteiger partial charge in [-0.1, -0.05) is 92.4 Å². The summed E-state index contributed by atoms with van der Waals surface area (Å²) in [5, 5.41) is 0. The summed E-state index contributed by atoms with van der Waals surface area (Å²) >= 11 is 0. The molecule has 5 heteroatoms. The molecule has 4 rings (SSSR count). The number of amides is 1. The SMILES string of the molecule is C#C.C=O.CCCCCC1CN(CC(=O)N2CCC(Cc3ccccc3)C2)C/C(=C/Cc2ccc(C)cc2)N1C. The molecule has 0 bridgehead atoms. The summed E-state index contributed by atoms with van der Waals surface area (Å²) in [5.41, 5.74) is 5.39. The zero-order chi connectivity index (χ0) is 29.3. The molecule has 2 fully saturated rings. The van der Waals surface area contributed by atoms with E-state index >= 15 is 0 Å². The van der Waals surface area contributed by atoms with Crippen molar-refractivity contribution >= 4 is 12.7 Å². The summed E-state index contributed by atoms with van der Waals surface area (Å²) in [4.78, 5) is 28.4. The number of unbranched alkanes of at least 4 members (excludes halogenated alkanes) is 2. The van der Waals surface area contributed by atoms with E-state index in [1.807, 2.05) is 6.79 Å². The molecule has 2 aromatic carbocycles. The topological polar surface area (TPSA) is 43.9 Å². The highest BCUT2D eigenvalue weighted by atomic mass is 16.2. The molecule has 2 unspecified atom stereocenters. The summed E-state index contributed by atoms with van der Waals surface area (Å²) in [6.07, 6.45) is 18.5. The van der Waals surface area contributed by atoms with Crippen LogP contribution in [0.4, 0.5) is 0 Å². The fourth-order valence-corrected chi connectivity index (χ4v) is 5.73. The molecule has 1 amide bonds. The normalized spacial score (nSPS) is 19.9. The van der Waals surface area contributed by atoms with Gasteiger partial charge in [-0.2, -0.15) is 0 Å². The van der Waals surface area contributed by atoms with Gasteiger partial charge in [0, 0.05) is 45.0 Å². The molecule has 2 aliphatic heterocycles. The predicted molar refractivity (Wildman–Crippen MR) is 167 cm³/mol. The number of hydrogen-bond acceptors (Lipinski definition) is 4. The molecule has 40 heavy (non-hydrogen) atoms. The van der Waals surface area contributed by atoms with Crippen LogP contribution in [0.2, 0.25) is 0 Å². The van der Waals surface area contributed by atoms with Gasteiger partial charge in [0.1, 0.15) is 6.79 Å². The molecular weight excluding hydrogens is 494 g/mol. The quantitative estimate of drug-likeness (QED) is 0.282. The van der Waals surface area contributed by atoms with E-state index < -0.39 is 0 Å². The third-order valence-electron chi connectivity index (χ3n) is 8.05. The number of nitrogens with zero attached hydrogens (tertiary/aromatic N) is 3. The Bertz CT molecular complexity index is 1050. The highest BCUT2D eigenvalue weighted by molar-refractivity contribution is 5.78. The summed E-state index contributed by atoms with van der Waals surface area (Å²) in [6, 6.07) is 20.0. The Labute approximate surface area is 243 Å². The molecule has 2 aromatic rings. The molecular formula is C35H49N3O2. The number of benzene rings is 2. The van der Waals surface area contributed by atoms with E-state index in [0.29, 0.717) is 24.4 Å². The van der Waals surface area contributed by atoms with Gasteiger partial charge < -0.3 is 14.6 Å². The maximum absolute atomic E-state index is 13.3. The Morgan fingerprint density at radius 2 is 1.70 bits per heavy atom. The first-order valence-corrected chi connectivity index (χ1v) is 14.7. The van der Waals surface area contributed by atoms with Gasteiger partial charge in [-0.3, -0.25) is 9.69 Å². The summed E-state index contributed by atoms with van der Waals surface area (Å²) in [5.74, 6) is 0.885. The number of carbonyl (C=O) groups excluding carboxylic acids is 2. The maximum Gasteiger partial charge on any atom is 0.236 e. The third kappa shape index (κ3) is 10.3. The molecule has 2 aliphatic rings. The van der Waals surface area contributed by atoms with Gasteiger partial charge in [-0.05, 0) is 49.7 Å². The van der Waals surface area contributed by atoms with Gasteiger partial charge in [0.25, 0.3) is 0 Å². The Balaban J connectivity index is 0.00000134. The number of likely N-dealkylation sites (tertiary alicyclic amines) is 1. The lowest BCUT2D eigenvalue weighted by Gasteiger charge is -2.43. The highest BCUT2D eigenvalue weighted by Gasteiger charge is 2.31. The molecule has 2 heterocycles. The monoisotopic (exact) mass is 543 g/mol. The molecule has 0 radical (unpaired) electrons. The van der Waals surface area contributed by atoms with Crippen molar-refractivity contribution in [3.8, 4) is 12.8 Å². The fraction of sp³-hybridized carbons (Fsp3) is 0.486.